The number of ether oxygens (including phenoxy) is 1. The van der Waals surface area contributed by atoms with Crippen LogP contribution in [0.3, 0.4) is 0 Å². The molecule has 1 aromatic rings. The van der Waals surface area contributed by atoms with Gasteiger partial charge in [0.15, 0.2) is 5.11 Å². The van der Waals surface area contributed by atoms with Gasteiger partial charge in [0.1, 0.15) is 0 Å². The van der Waals surface area contributed by atoms with Crippen LogP contribution in [0, 0.1) is 0 Å². The summed E-state index contributed by atoms with van der Waals surface area (Å²) in [7, 11) is 1.66. The highest BCUT2D eigenvalue weighted by Crippen LogP contribution is 2.16. The van der Waals surface area contributed by atoms with Gasteiger partial charge in [-0.25, -0.2) is 0 Å². The molecule has 94 valence electrons. The summed E-state index contributed by atoms with van der Waals surface area (Å²) in [5, 5.41) is 7.60. The summed E-state index contributed by atoms with van der Waals surface area (Å²) in [5.41, 5.74) is 1.10. The van der Waals surface area contributed by atoms with E-state index in [1.165, 1.54) is 0 Å². The molecule has 0 bridgehead atoms. The van der Waals surface area contributed by atoms with Crippen LogP contribution in [0.15, 0.2) is 24.3 Å². The van der Waals surface area contributed by atoms with E-state index in [-0.39, 0.29) is 6.04 Å². The molecule has 1 unspecified atom stereocenters. The van der Waals surface area contributed by atoms with Crippen molar-refractivity contribution >= 4 is 28.9 Å². The van der Waals surface area contributed by atoms with Crippen molar-refractivity contribution in [2.24, 2.45) is 0 Å². The largest absolute Gasteiger partial charge is 0.383 e. The van der Waals surface area contributed by atoms with Crippen LogP contribution in [0.1, 0.15) is 18.5 Å². The summed E-state index contributed by atoms with van der Waals surface area (Å²) in [5.74, 6) is 0. The number of thiocarbonyl (C=S) groups is 1. The molecule has 2 N–H and O–H groups in total. The Bertz CT molecular complexity index is 373. The molecule has 0 saturated heterocycles. The van der Waals surface area contributed by atoms with Gasteiger partial charge in [-0.05, 0) is 36.8 Å². The molecule has 0 aliphatic carbocycles. The van der Waals surface area contributed by atoms with Crippen molar-refractivity contribution in [3.63, 3.8) is 0 Å². The van der Waals surface area contributed by atoms with Gasteiger partial charge in [0.05, 0.1) is 12.6 Å². The minimum atomic E-state index is 0.122. The minimum Gasteiger partial charge on any atom is -0.383 e. The molecule has 17 heavy (non-hydrogen) atoms. The third-order valence-corrected chi connectivity index (χ3v) is 2.79. The smallest absolute Gasteiger partial charge is 0.166 e. The Kier molecular flexibility index (Phi) is 6.26. The first kappa shape index (κ1) is 14.2. The Morgan fingerprint density at radius 1 is 1.53 bits per heavy atom. The first-order valence-electron chi connectivity index (χ1n) is 5.42. The summed E-state index contributed by atoms with van der Waals surface area (Å²) in [6, 6.07) is 7.85. The standard InChI is InChI=1S/C12H17ClN2OS/c1-9(10-4-3-5-11(13)8-10)15-12(17)14-6-7-16-2/h3-5,8-9H,6-7H2,1-2H3,(H2,14,15,17). The van der Waals surface area contributed by atoms with Crippen molar-refractivity contribution in [1.82, 2.24) is 10.6 Å². The van der Waals surface area contributed by atoms with Crippen molar-refractivity contribution < 1.29 is 4.74 Å². The Morgan fingerprint density at radius 3 is 2.94 bits per heavy atom. The van der Waals surface area contributed by atoms with Gasteiger partial charge in [0.25, 0.3) is 0 Å². The average molecular weight is 273 g/mol. The normalized spacial score (nSPS) is 11.9. The highest BCUT2D eigenvalue weighted by molar-refractivity contribution is 7.80. The lowest BCUT2D eigenvalue weighted by atomic mass is 10.1. The fourth-order valence-electron chi connectivity index (χ4n) is 1.37. The number of methoxy groups -OCH3 is 1. The van der Waals surface area contributed by atoms with Crippen LogP contribution in [0.2, 0.25) is 5.02 Å². The second kappa shape index (κ2) is 7.48. The van der Waals surface area contributed by atoms with Crippen LogP contribution in [0.4, 0.5) is 0 Å². The molecule has 0 heterocycles. The van der Waals surface area contributed by atoms with Crippen molar-refractivity contribution in [3.05, 3.63) is 34.9 Å². The van der Waals surface area contributed by atoms with E-state index in [1.54, 1.807) is 7.11 Å². The van der Waals surface area contributed by atoms with E-state index in [0.717, 1.165) is 10.6 Å². The van der Waals surface area contributed by atoms with Gasteiger partial charge in [-0.2, -0.15) is 0 Å². The molecular weight excluding hydrogens is 256 g/mol. The molecule has 5 heteroatoms. The number of benzene rings is 1. The Balaban J connectivity index is 2.43. The monoisotopic (exact) mass is 272 g/mol. The van der Waals surface area contributed by atoms with Gasteiger partial charge >= 0.3 is 0 Å². The molecule has 0 aromatic heterocycles. The molecular formula is C12H17ClN2OS. The summed E-state index contributed by atoms with van der Waals surface area (Å²) in [6.07, 6.45) is 0. The quantitative estimate of drug-likeness (QED) is 0.637. The number of nitrogens with one attached hydrogen (secondary N) is 2. The SMILES string of the molecule is COCCNC(=S)NC(C)c1cccc(Cl)c1. The van der Waals surface area contributed by atoms with Gasteiger partial charge in [-0.1, -0.05) is 23.7 Å². The Morgan fingerprint density at radius 2 is 2.29 bits per heavy atom. The van der Waals surface area contributed by atoms with Gasteiger partial charge in [0, 0.05) is 18.7 Å². The van der Waals surface area contributed by atoms with Gasteiger partial charge in [-0.15, -0.1) is 0 Å². The zero-order valence-corrected chi connectivity index (χ0v) is 11.6. The third kappa shape index (κ3) is 5.35. The van der Waals surface area contributed by atoms with Crippen LogP contribution in [-0.4, -0.2) is 25.4 Å². The predicted molar refractivity (Wildman–Crippen MR) is 75.5 cm³/mol. The highest BCUT2D eigenvalue weighted by atomic mass is 35.5. The van der Waals surface area contributed by atoms with Gasteiger partial charge in [-0.3, -0.25) is 0 Å². The van der Waals surface area contributed by atoms with Crippen molar-refractivity contribution in [2.45, 2.75) is 13.0 Å². The van der Waals surface area contributed by atoms with E-state index in [9.17, 15) is 0 Å². The maximum absolute atomic E-state index is 5.94. The van der Waals surface area contributed by atoms with Crippen LogP contribution in [0.25, 0.3) is 0 Å². The van der Waals surface area contributed by atoms with E-state index < -0.39 is 0 Å². The van der Waals surface area contributed by atoms with Crippen LogP contribution < -0.4 is 10.6 Å². The molecule has 1 rings (SSSR count). The fraction of sp³-hybridized carbons (Fsp3) is 0.417. The number of halogens is 1. The van der Waals surface area contributed by atoms with Crippen LogP contribution in [-0.2, 0) is 4.74 Å². The molecule has 0 saturated carbocycles. The minimum absolute atomic E-state index is 0.122. The van der Waals surface area contributed by atoms with Crippen molar-refractivity contribution in [2.75, 3.05) is 20.3 Å². The van der Waals surface area contributed by atoms with Gasteiger partial charge in [0.2, 0.25) is 0 Å². The average Bonchev–Trinajstić information content (AvgIpc) is 2.29. The summed E-state index contributed by atoms with van der Waals surface area (Å²) >= 11 is 11.1. The molecule has 0 fully saturated rings. The van der Waals surface area contributed by atoms with Crippen molar-refractivity contribution in [1.29, 1.82) is 0 Å². The fourth-order valence-corrected chi connectivity index (χ4v) is 1.85. The maximum atomic E-state index is 5.94. The first-order chi connectivity index (χ1) is 8.13. The summed E-state index contributed by atoms with van der Waals surface area (Å²) in [4.78, 5) is 0. The van der Waals surface area contributed by atoms with E-state index in [2.05, 4.69) is 10.6 Å². The second-order valence-electron chi connectivity index (χ2n) is 3.67. The molecule has 1 atom stereocenters. The van der Waals surface area contributed by atoms with E-state index in [1.807, 2.05) is 31.2 Å². The number of rotatable bonds is 5. The molecule has 0 radical (unpaired) electrons. The zero-order valence-electron chi connectivity index (χ0n) is 10.00. The first-order valence-corrected chi connectivity index (χ1v) is 6.21. The lowest BCUT2D eigenvalue weighted by Crippen LogP contribution is -2.38. The molecule has 3 nitrogen and oxygen atoms in total. The van der Waals surface area contributed by atoms with E-state index in [0.29, 0.717) is 18.3 Å². The van der Waals surface area contributed by atoms with Crippen LogP contribution >= 0.6 is 23.8 Å². The molecule has 0 aliphatic heterocycles. The van der Waals surface area contributed by atoms with E-state index >= 15 is 0 Å². The molecule has 0 aliphatic rings. The van der Waals surface area contributed by atoms with Crippen LogP contribution in [0.5, 0.6) is 0 Å². The Hall–Kier alpha value is -0.840. The Labute approximate surface area is 112 Å². The second-order valence-corrected chi connectivity index (χ2v) is 4.51. The molecule has 1 aromatic carbocycles. The lowest BCUT2D eigenvalue weighted by Gasteiger charge is -2.17. The topological polar surface area (TPSA) is 33.3 Å². The maximum Gasteiger partial charge on any atom is 0.166 e. The number of hydrogen-bond donors (Lipinski definition) is 2. The van der Waals surface area contributed by atoms with Gasteiger partial charge < -0.3 is 15.4 Å². The lowest BCUT2D eigenvalue weighted by molar-refractivity contribution is 0.204. The summed E-state index contributed by atoms with van der Waals surface area (Å²) < 4.78 is 4.93. The third-order valence-electron chi connectivity index (χ3n) is 2.29. The van der Waals surface area contributed by atoms with E-state index in [4.69, 9.17) is 28.6 Å². The van der Waals surface area contributed by atoms with Crippen molar-refractivity contribution in [3.8, 4) is 0 Å². The zero-order chi connectivity index (χ0) is 12.7. The number of hydrogen-bond acceptors (Lipinski definition) is 2. The molecule has 0 spiro atoms. The predicted octanol–water partition coefficient (Wildman–Crippen LogP) is 2.51. The highest BCUT2D eigenvalue weighted by Gasteiger charge is 2.06. The molecule has 0 amide bonds. The summed E-state index contributed by atoms with van der Waals surface area (Å²) in [6.45, 7) is 3.37.